The van der Waals surface area contributed by atoms with E-state index < -0.39 is 10.8 Å². The highest BCUT2D eigenvalue weighted by molar-refractivity contribution is 7.84. The number of carbonyl (C=O) groups excluding carboxylic acids is 1. The Hall–Kier alpha value is -2.86. The van der Waals surface area contributed by atoms with E-state index in [-0.39, 0.29) is 17.4 Å². The molecule has 0 aliphatic rings. The van der Waals surface area contributed by atoms with Crippen LogP contribution < -0.4 is 10.1 Å². The largest absolute Gasteiger partial charge is 0.494 e. The van der Waals surface area contributed by atoms with Crippen molar-refractivity contribution in [3.8, 4) is 5.75 Å². The minimum atomic E-state index is -1.21. The van der Waals surface area contributed by atoms with E-state index in [9.17, 15) is 9.00 Å². The van der Waals surface area contributed by atoms with E-state index in [1.807, 2.05) is 62.4 Å². The number of rotatable bonds is 9. The van der Waals surface area contributed by atoms with Crippen molar-refractivity contribution in [2.24, 2.45) is 0 Å². The Bertz CT molecular complexity index is 961. The first-order valence-corrected chi connectivity index (χ1v) is 10.9. The van der Waals surface area contributed by atoms with Crippen LogP contribution in [0.2, 0.25) is 0 Å². The van der Waals surface area contributed by atoms with Gasteiger partial charge in [-0.15, -0.1) is 0 Å². The van der Waals surface area contributed by atoms with Crippen LogP contribution in [0.3, 0.4) is 0 Å². The minimum Gasteiger partial charge on any atom is -0.494 e. The van der Waals surface area contributed by atoms with Crippen molar-refractivity contribution >= 4 is 16.7 Å². The molecule has 3 aromatic rings. The van der Waals surface area contributed by atoms with E-state index in [4.69, 9.17) is 9.15 Å². The van der Waals surface area contributed by atoms with Crippen molar-refractivity contribution in [3.63, 3.8) is 0 Å². The number of carbonyl (C=O) groups is 1. The van der Waals surface area contributed by atoms with Crippen LogP contribution in [0.15, 0.2) is 70.0 Å². The zero-order valence-electron chi connectivity index (χ0n) is 16.6. The van der Waals surface area contributed by atoms with Crippen LogP contribution in [-0.2, 0) is 23.0 Å². The summed E-state index contributed by atoms with van der Waals surface area (Å²) >= 11 is 0. The monoisotopic (exact) mass is 411 g/mol. The molecule has 1 N–H and O–H groups in total. The lowest BCUT2D eigenvalue weighted by molar-refractivity contribution is 0.0925. The molecule has 1 atom stereocenters. The van der Waals surface area contributed by atoms with Gasteiger partial charge in [0.25, 0.3) is 5.91 Å². The van der Waals surface area contributed by atoms with E-state index in [0.717, 1.165) is 21.8 Å². The lowest BCUT2D eigenvalue weighted by atomic mass is 10.1. The molecule has 0 aliphatic carbocycles. The number of furan rings is 1. The van der Waals surface area contributed by atoms with Gasteiger partial charge in [-0.3, -0.25) is 9.00 Å². The van der Waals surface area contributed by atoms with Crippen LogP contribution >= 0.6 is 0 Å². The Labute approximate surface area is 173 Å². The topological polar surface area (TPSA) is 68.5 Å². The SMILES string of the molecule is CCOc1ccc(CCNC(=O)c2ccc(C[S@@](=O)c3ccc(C)cc3)o2)cc1. The number of amides is 1. The summed E-state index contributed by atoms with van der Waals surface area (Å²) in [5.41, 5.74) is 2.23. The van der Waals surface area contributed by atoms with Gasteiger partial charge in [0.2, 0.25) is 0 Å². The molecule has 0 aliphatic heterocycles. The van der Waals surface area contributed by atoms with Crippen molar-refractivity contribution < 1.29 is 18.2 Å². The van der Waals surface area contributed by atoms with Gasteiger partial charge < -0.3 is 14.5 Å². The smallest absolute Gasteiger partial charge is 0.287 e. The summed E-state index contributed by atoms with van der Waals surface area (Å²) in [6.07, 6.45) is 0.711. The van der Waals surface area contributed by atoms with E-state index in [1.54, 1.807) is 12.1 Å². The second-order valence-corrected chi connectivity index (χ2v) is 8.10. The number of aryl methyl sites for hydroxylation is 1. The third kappa shape index (κ3) is 6.06. The highest BCUT2D eigenvalue weighted by atomic mass is 32.2. The van der Waals surface area contributed by atoms with Gasteiger partial charge in [-0.1, -0.05) is 29.8 Å². The molecule has 0 saturated heterocycles. The summed E-state index contributed by atoms with van der Waals surface area (Å²) in [7, 11) is -1.21. The summed E-state index contributed by atoms with van der Waals surface area (Å²) in [6.45, 7) is 5.07. The first kappa shape index (κ1) is 20.9. The van der Waals surface area contributed by atoms with Gasteiger partial charge in [0.05, 0.1) is 23.2 Å². The molecular formula is C23H25NO4S. The van der Waals surface area contributed by atoms with E-state index >= 15 is 0 Å². The van der Waals surface area contributed by atoms with Crippen molar-refractivity contribution in [1.82, 2.24) is 5.32 Å². The van der Waals surface area contributed by atoms with Crippen LogP contribution in [0.1, 0.15) is 34.4 Å². The Morgan fingerprint density at radius 3 is 2.45 bits per heavy atom. The Balaban J connectivity index is 1.48. The van der Waals surface area contributed by atoms with Gasteiger partial charge >= 0.3 is 0 Å². The molecule has 0 spiro atoms. The maximum atomic E-state index is 12.4. The Kier molecular flexibility index (Phi) is 7.25. The highest BCUT2D eigenvalue weighted by Crippen LogP contribution is 2.16. The fourth-order valence-corrected chi connectivity index (χ4v) is 3.83. The lowest BCUT2D eigenvalue weighted by Gasteiger charge is -2.06. The zero-order valence-corrected chi connectivity index (χ0v) is 17.5. The molecule has 0 radical (unpaired) electrons. The second-order valence-electron chi connectivity index (χ2n) is 6.65. The van der Waals surface area contributed by atoms with Crippen LogP contribution in [0, 0.1) is 6.92 Å². The molecule has 5 nitrogen and oxygen atoms in total. The molecule has 1 heterocycles. The van der Waals surface area contributed by atoms with Crippen molar-refractivity contribution in [1.29, 1.82) is 0 Å². The number of hydrogen-bond donors (Lipinski definition) is 1. The average molecular weight is 412 g/mol. The predicted octanol–water partition coefficient (Wildman–Crippen LogP) is 4.27. The molecule has 0 bridgehead atoms. The minimum absolute atomic E-state index is 0.229. The van der Waals surface area contributed by atoms with Crippen LogP contribution in [0.5, 0.6) is 5.75 Å². The van der Waals surface area contributed by atoms with Gasteiger partial charge in [-0.25, -0.2) is 0 Å². The van der Waals surface area contributed by atoms with Gasteiger partial charge in [0, 0.05) is 11.4 Å². The first-order chi connectivity index (χ1) is 14.0. The summed E-state index contributed by atoms with van der Waals surface area (Å²) in [6, 6.07) is 18.7. The van der Waals surface area contributed by atoms with E-state index in [1.165, 1.54) is 0 Å². The molecule has 1 amide bonds. The zero-order chi connectivity index (χ0) is 20.6. The molecule has 0 unspecified atom stereocenters. The Morgan fingerprint density at radius 1 is 1.03 bits per heavy atom. The van der Waals surface area contributed by atoms with E-state index in [2.05, 4.69) is 5.32 Å². The summed E-state index contributed by atoms with van der Waals surface area (Å²) in [5, 5.41) is 2.85. The van der Waals surface area contributed by atoms with Gasteiger partial charge in [0.15, 0.2) is 5.76 Å². The molecule has 29 heavy (non-hydrogen) atoms. The number of benzene rings is 2. The third-order valence-corrected chi connectivity index (χ3v) is 5.72. The summed E-state index contributed by atoms with van der Waals surface area (Å²) in [4.78, 5) is 13.0. The highest BCUT2D eigenvalue weighted by Gasteiger charge is 2.13. The second kappa shape index (κ2) is 10.1. The van der Waals surface area contributed by atoms with Gasteiger partial charge in [-0.05, 0) is 62.2 Å². The van der Waals surface area contributed by atoms with Crippen molar-refractivity contribution in [3.05, 3.63) is 83.3 Å². The molecule has 152 valence electrons. The predicted molar refractivity (Wildman–Crippen MR) is 114 cm³/mol. The molecule has 0 fully saturated rings. The first-order valence-electron chi connectivity index (χ1n) is 9.59. The number of nitrogens with one attached hydrogen (secondary N) is 1. The molecule has 6 heteroatoms. The van der Waals surface area contributed by atoms with Crippen molar-refractivity contribution in [2.75, 3.05) is 13.2 Å². The molecule has 3 rings (SSSR count). The van der Waals surface area contributed by atoms with Gasteiger partial charge in [-0.2, -0.15) is 0 Å². The maximum absolute atomic E-state index is 12.4. The quantitative estimate of drug-likeness (QED) is 0.571. The fraction of sp³-hybridized carbons (Fsp3) is 0.261. The lowest BCUT2D eigenvalue weighted by Crippen LogP contribution is -2.25. The van der Waals surface area contributed by atoms with Crippen LogP contribution in [0.25, 0.3) is 0 Å². The fourth-order valence-electron chi connectivity index (χ4n) is 2.81. The molecule has 2 aromatic carbocycles. The summed E-state index contributed by atoms with van der Waals surface area (Å²) < 4.78 is 23.4. The molecular weight excluding hydrogens is 386 g/mol. The number of ether oxygens (including phenoxy) is 1. The normalized spacial score (nSPS) is 11.8. The average Bonchev–Trinajstić information content (AvgIpc) is 3.18. The molecule has 1 aromatic heterocycles. The van der Waals surface area contributed by atoms with E-state index in [0.29, 0.717) is 25.3 Å². The maximum Gasteiger partial charge on any atom is 0.287 e. The van der Waals surface area contributed by atoms with Crippen LogP contribution in [-0.4, -0.2) is 23.3 Å². The van der Waals surface area contributed by atoms with Gasteiger partial charge in [0.1, 0.15) is 11.5 Å². The standard InChI is InChI=1S/C23H25NO4S/c1-3-27-19-8-6-18(7-9-19)14-15-24-23(25)22-13-10-20(28-22)16-29(26)21-11-4-17(2)5-12-21/h4-13H,3,14-16H2,1-2H3,(H,24,25)/t29-/m1/s1. The van der Waals surface area contributed by atoms with Crippen LogP contribution in [0.4, 0.5) is 0 Å². The molecule has 0 saturated carbocycles. The Morgan fingerprint density at radius 2 is 1.76 bits per heavy atom. The van der Waals surface area contributed by atoms with Crippen molar-refractivity contribution in [2.45, 2.75) is 30.9 Å². The third-order valence-electron chi connectivity index (χ3n) is 4.38. The number of hydrogen-bond acceptors (Lipinski definition) is 4. The summed E-state index contributed by atoms with van der Waals surface area (Å²) in [5.74, 6) is 1.56.